The van der Waals surface area contributed by atoms with Gasteiger partial charge in [-0.25, -0.2) is 14.8 Å². The number of ether oxygens (including phenoxy) is 2. The summed E-state index contributed by atoms with van der Waals surface area (Å²) in [6, 6.07) is 9.20. The first kappa shape index (κ1) is 23.8. The van der Waals surface area contributed by atoms with E-state index in [1.165, 1.54) is 11.8 Å². The number of anilines is 2. The number of nitrogens with zero attached hydrogens (tertiary/aromatic N) is 5. The molecule has 0 amide bonds. The van der Waals surface area contributed by atoms with E-state index in [1.807, 2.05) is 5.38 Å². The maximum atomic E-state index is 9.98. The van der Waals surface area contributed by atoms with Crippen molar-refractivity contribution in [2.24, 2.45) is 0 Å². The Morgan fingerprint density at radius 1 is 1.29 bits per heavy atom. The molecular formula is C23H22N6O3S2. The quantitative estimate of drug-likeness (QED) is 0.356. The lowest BCUT2D eigenvalue weighted by Crippen LogP contribution is -2.36. The number of benzene rings is 1. The Kier molecular flexibility index (Phi) is 7.83. The van der Waals surface area contributed by atoms with Crippen molar-refractivity contribution in [1.29, 1.82) is 5.26 Å². The van der Waals surface area contributed by atoms with Gasteiger partial charge in [0, 0.05) is 29.8 Å². The summed E-state index contributed by atoms with van der Waals surface area (Å²) in [5, 5.41) is 22.3. The van der Waals surface area contributed by atoms with Crippen LogP contribution < -0.4 is 15.4 Å². The first-order chi connectivity index (χ1) is 16.6. The van der Waals surface area contributed by atoms with Gasteiger partial charge in [0.25, 0.3) is 0 Å². The van der Waals surface area contributed by atoms with Crippen molar-refractivity contribution in [3.05, 3.63) is 52.3 Å². The molecule has 34 heavy (non-hydrogen) atoms. The molecule has 3 aromatic rings. The van der Waals surface area contributed by atoms with Crippen molar-refractivity contribution in [3.63, 3.8) is 0 Å². The van der Waals surface area contributed by atoms with Gasteiger partial charge in [-0.2, -0.15) is 5.26 Å². The van der Waals surface area contributed by atoms with Crippen LogP contribution in [0.3, 0.4) is 0 Å². The molecule has 174 valence electrons. The van der Waals surface area contributed by atoms with Crippen LogP contribution in [0, 0.1) is 17.9 Å². The Hall–Kier alpha value is -3.35. The minimum Gasteiger partial charge on any atom is -0.491 e. The summed E-state index contributed by atoms with van der Waals surface area (Å²) < 4.78 is 10.8. The molecule has 0 bridgehead atoms. The maximum Gasteiger partial charge on any atom is 0.236 e. The highest BCUT2D eigenvalue weighted by atomic mass is 32.2. The van der Waals surface area contributed by atoms with E-state index in [-0.39, 0.29) is 24.7 Å². The van der Waals surface area contributed by atoms with Crippen LogP contribution in [0.15, 0.2) is 34.7 Å². The molecule has 0 aliphatic carbocycles. The summed E-state index contributed by atoms with van der Waals surface area (Å²) in [5.41, 5.74) is 8.59. The minimum absolute atomic E-state index is 0.0828. The number of thioether (sulfide) groups is 1. The van der Waals surface area contributed by atoms with Crippen molar-refractivity contribution in [1.82, 2.24) is 9.97 Å². The third-order valence-corrected chi connectivity index (χ3v) is 7.03. The molecule has 11 heteroatoms. The van der Waals surface area contributed by atoms with Gasteiger partial charge >= 0.3 is 0 Å². The molecule has 1 aliphatic rings. The second-order valence-electron chi connectivity index (χ2n) is 7.23. The maximum absolute atomic E-state index is 9.98. The van der Waals surface area contributed by atoms with Gasteiger partial charge in [-0.15, -0.1) is 11.3 Å². The van der Waals surface area contributed by atoms with Crippen LogP contribution in [0.4, 0.5) is 16.6 Å². The number of thiazole rings is 1. The predicted molar refractivity (Wildman–Crippen MR) is 132 cm³/mol. The third kappa shape index (κ3) is 5.24. The van der Waals surface area contributed by atoms with Crippen LogP contribution in [0.5, 0.6) is 5.75 Å². The normalized spacial score (nSPS) is 13.3. The predicted octanol–water partition coefficient (Wildman–Crippen LogP) is 3.71. The van der Waals surface area contributed by atoms with E-state index in [4.69, 9.17) is 31.9 Å². The number of aliphatic hydroxyl groups is 1. The number of morpholine rings is 1. The number of nitrogens with two attached hydrogens (primary N) is 1. The molecule has 0 spiro atoms. The van der Waals surface area contributed by atoms with Crippen LogP contribution in [0.1, 0.15) is 11.3 Å². The van der Waals surface area contributed by atoms with Gasteiger partial charge in [-0.05, 0) is 17.7 Å². The molecular weight excluding hydrogens is 472 g/mol. The van der Waals surface area contributed by atoms with Gasteiger partial charge in [0.15, 0.2) is 5.13 Å². The molecule has 3 N–H and O–H groups in total. The lowest BCUT2D eigenvalue weighted by atomic mass is 10.00. The molecule has 4 rings (SSSR count). The molecule has 1 saturated heterocycles. The number of nitriles is 1. The fraction of sp³-hybridized carbons (Fsp3) is 0.304. The summed E-state index contributed by atoms with van der Waals surface area (Å²) in [4.78, 5) is 14.8. The highest BCUT2D eigenvalue weighted by molar-refractivity contribution is 7.98. The molecule has 9 nitrogen and oxygen atoms in total. The molecule has 0 saturated carbocycles. The van der Waals surface area contributed by atoms with Crippen molar-refractivity contribution >= 4 is 39.7 Å². The Labute approximate surface area is 205 Å². The molecule has 0 atom stereocenters. The lowest BCUT2D eigenvalue weighted by Gasteiger charge is -2.26. The number of hydrogen-bond acceptors (Lipinski definition) is 10. The highest BCUT2D eigenvalue weighted by Gasteiger charge is 2.21. The van der Waals surface area contributed by atoms with E-state index in [0.717, 1.165) is 23.9 Å². The summed E-state index contributed by atoms with van der Waals surface area (Å²) in [6.07, 6.45) is 0. The number of hydrogen-bond donors (Lipinski definition) is 2. The molecule has 1 aliphatic heterocycles. The van der Waals surface area contributed by atoms with Gasteiger partial charge in [-0.1, -0.05) is 23.9 Å². The number of nitrogen functional groups attached to an aromatic ring is 1. The minimum atomic E-state index is -0.0867. The summed E-state index contributed by atoms with van der Waals surface area (Å²) in [6.45, 7) is 10.7. The van der Waals surface area contributed by atoms with E-state index in [2.05, 4.69) is 20.8 Å². The second-order valence-corrected chi connectivity index (χ2v) is 9.03. The monoisotopic (exact) mass is 494 g/mol. The summed E-state index contributed by atoms with van der Waals surface area (Å²) in [7, 11) is 0. The highest BCUT2D eigenvalue weighted by Crippen LogP contribution is 2.42. The van der Waals surface area contributed by atoms with Crippen LogP contribution >= 0.6 is 23.1 Å². The Morgan fingerprint density at radius 3 is 2.74 bits per heavy atom. The zero-order valence-corrected chi connectivity index (χ0v) is 19.9. The molecule has 0 radical (unpaired) electrons. The van der Waals surface area contributed by atoms with E-state index in [1.54, 1.807) is 35.6 Å². The molecule has 1 fully saturated rings. The third-order valence-electron chi connectivity index (χ3n) is 5.07. The van der Waals surface area contributed by atoms with Gasteiger partial charge in [0.2, 0.25) is 5.69 Å². The van der Waals surface area contributed by atoms with Gasteiger partial charge in [0.05, 0.1) is 37.7 Å². The smallest absolute Gasteiger partial charge is 0.236 e. The van der Waals surface area contributed by atoms with Crippen LogP contribution in [-0.2, 0) is 10.5 Å². The number of aromatic nitrogens is 2. The van der Waals surface area contributed by atoms with Crippen molar-refractivity contribution in [2.75, 3.05) is 50.2 Å². The van der Waals surface area contributed by atoms with E-state index >= 15 is 0 Å². The van der Waals surface area contributed by atoms with Crippen molar-refractivity contribution in [2.45, 2.75) is 10.8 Å². The fourth-order valence-electron chi connectivity index (χ4n) is 3.46. The summed E-state index contributed by atoms with van der Waals surface area (Å²) >= 11 is 2.96. The number of aliphatic hydroxyl groups excluding tert-OH is 1. The Bertz CT molecular complexity index is 1230. The van der Waals surface area contributed by atoms with Crippen LogP contribution in [0.25, 0.3) is 16.0 Å². The van der Waals surface area contributed by atoms with Crippen LogP contribution in [0.2, 0.25) is 0 Å². The lowest BCUT2D eigenvalue weighted by molar-refractivity contribution is 0.122. The van der Waals surface area contributed by atoms with E-state index < -0.39 is 0 Å². The molecule has 0 unspecified atom stereocenters. The van der Waals surface area contributed by atoms with Gasteiger partial charge in [0.1, 0.15) is 29.3 Å². The van der Waals surface area contributed by atoms with Gasteiger partial charge < -0.3 is 25.2 Å². The largest absolute Gasteiger partial charge is 0.491 e. The number of pyridine rings is 1. The average molecular weight is 495 g/mol. The second kappa shape index (κ2) is 11.2. The first-order valence-electron chi connectivity index (χ1n) is 10.5. The molecule has 1 aromatic carbocycles. The van der Waals surface area contributed by atoms with Crippen LogP contribution in [-0.4, -0.2) is 54.6 Å². The zero-order chi connectivity index (χ0) is 23.9. The van der Waals surface area contributed by atoms with Crippen molar-refractivity contribution in [3.8, 4) is 22.9 Å². The van der Waals surface area contributed by atoms with Gasteiger partial charge in [-0.3, -0.25) is 0 Å². The van der Waals surface area contributed by atoms with E-state index in [0.29, 0.717) is 46.4 Å². The topological polar surface area (TPSA) is 122 Å². The SMILES string of the molecule is [C-]#[N+]c1c(N)nc(SCc2csc(N3CCOCC3)n2)c(C#N)c1-c1ccc(OCCO)cc1. The average Bonchev–Trinajstić information content (AvgIpc) is 3.36. The molecule has 2 aromatic heterocycles. The first-order valence-corrected chi connectivity index (χ1v) is 12.4. The standard InChI is InChI=1S/C23H22N6O3S2/c1-26-20-19(15-2-4-17(5-3-15)32-11-8-30)18(12-24)22(28-21(20)25)33-13-16-14-34-23(27-16)29-6-9-31-10-7-29/h2-5,14,30H,6-11,13H2,(H2,25,28). The molecule has 3 heterocycles. The Balaban J connectivity index is 1.60. The number of rotatable bonds is 8. The zero-order valence-electron chi connectivity index (χ0n) is 18.2. The summed E-state index contributed by atoms with van der Waals surface area (Å²) in [5.74, 6) is 1.18. The van der Waals surface area contributed by atoms with Crippen molar-refractivity contribution < 1.29 is 14.6 Å². The Morgan fingerprint density at radius 2 is 2.06 bits per heavy atom. The van der Waals surface area contributed by atoms with E-state index in [9.17, 15) is 5.26 Å². The fourth-order valence-corrected chi connectivity index (χ4v) is 5.33.